The third-order valence-electron chi connectivity index (χ3n) is 7.16. The first-order valence-electron chi connectivity index (χ1n) is 12.5. The Morgan fingerprint density at radius 2 is 1.80 bits per heavy atom. The van der Waals surface area contributed by atoms with E-state index in [-0.39, 0.29) is 41.3 Å². The van der Waals surface area contributed by atoms with Gasteiger partial charge in [0.2, 0.25) is 0 Å². The van der Waals surface area contributed by atoms with Gasteiger partial charge in [-0.2, -0.15) is 18.2 Å². The molecule has 40 heavy (non-hydrogen) atoms. The lowest BCUT2D eigenvalue weighted by Gasteiger charge is -2.44. The lowest BCUT2D eigenvalue weighted by Crippen LogP contribution is -2.59. The number of nitrogens with zero attached hydrogens (tertiary/aromatic N) is 4. The maximum atomic E-state index is 15.0. The second-order valence-electron chi connectivity index (χ2n) is 9.94. The number of piperazine rings is 1. The predicted octanol–water partition coefficient (Wildman–Crippen LogP) is 5.77. The third kappa shape index (κ3) is 4.73. The Balaban J connectivity index is 1.79. The van der Waals surface area contributed by atoms with Gasteiger partial charge in [-0.05, 0) is 44.2 Å². The summed E-state index contributed by atoms with van der Waals surface area (Å²) in [5, 5.41) is 0.0386. The highest BCUT2D eigenvalue weighted by atomic mass is 32.2. The SMILES string of the molecule is C=C(F)C(=O)N1C(C)CN(c2nc(=O)n3c4c(c(-c5ccc(F)cc5F)c(C(F)(F)F)cc24)SCCC3)CC1C. The standard InChI is InChI=1S/C27H24F6N4O2S/c1-13-11-35(12-14(2)37(13)25(38)15(3)28)24-18-10-19(27(31,32)33)21(17-6-5-16(29)9-20(17)30)23-22(18)36(26(39)34-24)7-4-8-40-23/h5-6,9-10,13-14H,3-4,7-8,11-12H2,1-2H3. The maximum Gasteiger partial charge on any atom is 0.417 e. The van der Waals surface area contributed by atoms with Crippen molar-refractivity contribution in [1.29, 1.82) is 0 Å². The van der Waals surface area contributed by atoms with Crippen LogP contribution >= 0.6 is 11.8 Å². The van der Waals surface area contributed by atoms with E-state index in [0.29, 0.717) is 18.2 Å². The van der Waals surface area contributed by atoms with Gasteiger partial charge in [0.25, 0.3) is 5.91 Å². The normalized spacial score (nSPS) is 19.6. The Morgan fingerprint density at radius 3 is 2.40 bits per heavy atom. The van der Waals surface area contributed by atoms with Crippen molar-refractivity contribution in [2.75, 3.05) is 23.7 Å². The number of hydrogen-bond donors (Lipinski definition) is 0. The summed E-state index contributed by atoms with van der Waals surface area (Å²) in [5.41, 5.74) is -2.55. The van der Waals surface area contributed by atoms with E-state index >= 15 is 0 Å². The molecular weight excluding hydrogens is 558 g/mol. The van der Waals surface area contributed by atoms with Crippen LogP contribution in [0.4, 0.5) is 32.2 Å². The van der Waals surface area contributed by atoms with Crippen molar-refractivity contribution >= 4 is 34.4 Å². The molecule has 0 spiro atoms. The van der Waals surface area contributed by atoms with Gasteiger partial charge in [-0.15, -0.1) is 11.8 Å². The van der Waals surface area contributed by atoms with Crippen LogP contribution in [0.1, 0.15) is 25.8 Å². The summed E-state index contributed by atoms with van der Waals surface area (Å²) in [6.45, 7) is 6.68. The Hall–Kier alpha value is -3.48. The van der Waals surface area contributed by atoms with Crippen LogP contribution in [0.5, 0.6) is 0 Å². The lowest BCUT2D eigenvalue weighted by atomic mass is 9.95. The zero-order valence-corrected chi connectivity index (χ0v) is 22.3. The molecule has 1 aromatic heterocycles. The molecule has 5 rings (SSSR count). The van der Waals surface area contributed by atoms with Gasteiger partial charge < -0.3 is 9.80 Å². The number of rotatable bonds is 3. The fraction of sp³-hybridized carbons (Fsp3) is 0.370. The molecule has 0 bridgehead atoms. The molecule has 0 N–H and O–H groups in total. The van der Waals surface area contributed by atoms with Gasteiger partial charge in [-0.3, -0.25) is 9.36 Å². The van der Waals surface area contributed by atoms with Gasteiger partial charge in [0.15, 0.2) is 5.83 Å². The van der Waals surface area contributed by atoms with Crippen LogP contribution in [0.15, 0.2) is 46.4 Å². The molecule has 0 saturated carbocycles. The number of halogens is 6. The van der Waals surface area contributed by atoms with Gasteiger partial charge in [0.1, 0.15) is 17.5 Å². The third-order valence-corrected chi connectivity index (χ3v) is 8.34. The van der Waals surface area contributed by atoms with E-state index in [0.717, 1.165) is 30.0 Å². The van der Waals surface area contributed by atoms with Crippen LogP contribution in [-0.2, 0) is 17.5 Å². The molecule has 1 amide bonds. The number of carbonyl (C=O) groups excluding carboxylic acids is 1. The van der Waals surface area contributed by atoms with Crippen molar-refractivity contribution in [3.63, 3.8) is 0 Å². The molecular formula is C27H24F6N4O2S. The van der Waals surface area contributed by atoms with E-state index in [1.54, 1.807) is 18.7 Å². The summed E-state index contributed by atoms with van der Waals surface area (Å²) < 4.78 is 87.4. The van der Waals surface area contributed by atoms with E-state index in [4.69, 9.17) is 0 Å². The number of hydrogen-bond acceptors (Lipinski definition) is 5. The quantitative estimate of drug-likeness (QED) is 0.290. The van der Waals surface area contributed by atoms with Crippen LogP contribution in [0, 0.1) is 11.6 Å². The first kappa shape index (κ1) is 28.1. The summed E-state index contributed by atoms with van der Waals surface area (Å²) >= 11 is 1.07. The minimum Gasteiger partial charge on any atom is -0.352 e. The summed E-state index contributed by atoms with van der Waals surface area (Å²) in [4.78, 5) is 32.8. The average molecular weight is 583 g/mol. The van der Waals surface area contributed by atoms with Crippen molar-refractivity contribution < 1.29 is 31.1 Å². The summed E-state index contributed by atoms with van der Waals surface area (Å²) in [6.07, 6.45) is -4.48. The molecule has 3 aromatic rings. The molecule has 0 radical (unpaired) electrons. The summed E-state index contributed by atoms with van der Waals surface area (Å²) in [5.74, 6) is -3.77. The molecule has 1 saturated heterocycles. The van der Waals surface area contributed by atoms with Crippen molar-refractivity contribution in [1.82, 2.24) is 14.5 Å². The van der Waals surface area contributed by atoms with Crippen LogP contribution in [0.2, 0.25) is 0 Å². The van der Waals surface area contributed by atoms with E-state index in [1.807, 2.05) is 0 Å². The minimum atomic E-state index is -4.93. The molecule has 0 aliphatic carbocycles. The monoisotopic (exact) mass is 582 g/mol. The van der Waals surface area contributed by atoms with Crippen molar-refractivity contribution in [3.05, 3.63) is 64.4 Å². The van der Waals surface area contributed by atoms with Crippen molar-refractivity contribution in [2.45, 2.75) is 50.0 Å². The fourth-order valence-electron chi connectivity index (χ4n) is 5.60. The van der Waals surface area contributed by atoms with E-state index in [9.17, 15) is 35.9 Å². The first-order chi connectivity index (χ1) is 18.8. The van der Waals surface area contributed by atoms with E-state index in [2.05, 4.69) is 11.6 Å². The van der Waals surface area contributed by atoms with Crippen molar-refractivity contribution in [2.24, 2.45) is 0 Å². The highest BCUT2D eigenvalue weighted by molar-refractivity contribution is 7.99. The van der Waals surface area contributed by atoms with Crippen LogP contribution in [-0.4, -0.2) is 51.3 Å². The predicted molar refractivity (Wildman–Crippen MR) is 140 cm³/mol. The van der Waals surface area contributed by atoms with Crippen LogP contribution in [0.3, 0.4) is 0 Å². The Morgan fingerprint density at radius 1 is 1.12 bits per heavy atom. The number of carbonyl (C=O) groups is 1. The highest BCUT2D eigenvalue weighted by Gasteiger charge is 2.40. The van der Waals surface area contributed by atoms with Gasteiger partial charge in [-0.1, -0.05) is 6.58 Å². The van der Waals surface area contributed by atoms with Gasteiger partial charge >= 0.3 is 11.9 Å². The lowest BCUT2D eigenvalue weighted by molar-refractivity contribution is -0.137. The maximum absolute atomic E-state index is 15.0. The summed E-state index contributed by atoms with van der Waals surface area (Å²) in [7, 11) is 0. The Bertz CT molecular complexity index is 1590. The van der Waals surface area contributed by atoms with E-state index < -0.39 is 64.0 Å². The minimum absolute atomic E-state index is 0.0125. The second-order valence-corrected chi connectivity index (χ2v) is 11.0. The average Bonchev–Trinajstić information content (AvgIpc) is 3.09. The fourth-order valence-corrected chi connectivity index (χ4v) is 6.80. The van der Waals surface area contributed by atoms with Crippen LogP contribution < -0.4 is 10.6 Å². The molecule has 212 valence electrons. The molecule has 2 atom stereocenters. The number of alkyl halides is 3. The van der Waals surface area contributed by atoms with E-state index in [1.165, 1.54) is 9.47 Å². The smallest absolute Gasteiger partial charge is 0.352 e. The number of aromatic nitrogens is 2. The highest BCUT2D eigenvalue weighted by Crippen LogP contribution is 2.48. The number of amides is 1. The number of anilines is 1. The largest absolute Gasteiger partial charge is 0.417 e. The molecule has 6 nitrogen and oxygen atoms in total. The second kappa shape index (κ2) is 10.2. The Labute approximate surface area is 229 Å². The Kier molecular flexibility index (Phi) is 7.13. The molecule has 3 heterocycles. The number of aryl methyl sites for hydroxylation is 1. The van der Waals surface area contributed by atoms with Gasteiger partial charge in [0, 0.05) is 59.2 Å². The molecule has 1 fully saturated rings. The van der Waals surface area contributed by atoms with Gasteiger partial charge in [-0.25, -0.2) is 18.0 Å². The zero-order chi connectivity index (χ0) is 29.1. The van der Waals surface area contributed by atoms with Crippen LogP contribution in [0.25, 0.3) is 22.0 Å². The van der Waals surface area contributed by atoms with Gasteiger partial charge in [0.05, 0.1) is 11.1 Å². The molecule has 2 aliphatic heterocycles. The molecule has 2 unspecified atom stereocenters. The number of benzene rings is 2. The molecule has 2 aliphatic rings. The summed E-state index contributed by atoms with van der Waals surface area (Å²) in [6, 6.07) is 2.07. The number of thioether (sulfide) groups is 1. The molecule has 13 heteroatoms. The first-order valence-corrected chi connectivity index (χ1v) is 13.5. The van der Waals surface area contributed by atoms with Crippen molar-refractivity contribution in [3.8, 4) is 11.1 Å². The topological polar surface area (TPSA) is 58.4 Å². The molecule has 2 aromatic carbocycles. The zero-order valence-electron chi connectivity index (χ0n) is 21.5.